The van der Waals surface area contributed by atoms with Gasteiger partial charge in [-0.25, -0.2) is 8.42 Å². The highest BCUT2D eigenvalue weighted by molar-refractivity contribution is 8.13. The van der Waals surface area contributed by atoms with Crippen LogP contribution in [0.15, 0.2) is 17.0 Å². The van der Waals surface area contributed by atoms with Gasteiger partial charge in [0.2, 0.25) is 0 Å². The van der Waals surface area contributed by atoms with E-state index in [2.05, 4.69) is 5.32 Å². The number of carbonyl (C=O) groups is 1. The summed E-state index contributed by atoms with van der Waals surface area (Å²) in [6.45, 7) is 3.31. The van der Waals surface area contributed by atoms with Gasteiger partial charge in [0.05, 0.1) is 4.90 Å². The Balaban J connectivity index is 2.09. The molecule has 0 unspecified atom stereocenters. The molecule has 1 amide bonds. The lowest BCUT2D eigenvalue weighted by atomic mass is 10.1. The van der Waals surface area contributed by atoms with Crippen molar-refractivity contribution in [1.82, 2.24) is 5.32 Å². The van der Waals surface area contributed by atoms with Gasteiger partial charge in [0.15, 0.2) is 6.61 Å². The number of hydrogen-bond donors (Lipinski definition) is 1. The fraction of sp³-hybridized carbons (Fsp3) is 0.462. The van der Waals surface area contributed by atoms with Gasteiger partial charge >= 0.3 is 0 Å². The molecule has 20 heavy (non-hydrogen) atoms. The lowest BCUT2D eigenvalue weighted by molar-refractivity contribution is -0.123. The van der Waals surface area contributed by atoms with Crippen LogP contribution in [0, 0.1) is 13.8 Å². The minimum Gasteiger partial charge on any atom is -0.483 e. The lowest BCUT2D eigenvalue weighted by Crippen LogP contribution is -2.30. The van der Waals surface area contributed by atoms with Crippen molar-refractivity contribution in [3.63, 3.8) is 0 Å². The Bertz CT molecular complexity index is 638. The second kappa shape index (κ2) is 5.61. The number of ether oxygens (including phenoxy) is 1. The smallest absolute Gasteiger partial charge is 0.261 e. The van der Waals surface area contributed by atoms with Gasteiger partial charge in [-0.2, -0.15) is 0 Å². The molecule has 1 fully saturated rings. The Hall–Kier alpha value is -1.27. The average molecular weight is 318 g/mol. The first-order valence-electron chi connectivity index (χ1n) is 6.26. The molecule has 1 aromatic rings. The predicted octanol–water partition coefficient (Wildman–Crippen LogP) is 1.89. The van der Waals surface area contributed by atoms with Gasteiger partial charge in [-0.15, -0.1) is 0 Å². The first-order valence-corrected chi connectivity index (χ1v) is 8.57. The minimum atomic E-state index is -3.77. The average Bonchev–Trinajstić information content (AvgIpc) is 3.13. The number of nitrogens with one attached hydrogen (secondary N) is 1. The van der Waals surface area contributed by atoms with Crippen molar-refractivity contribution in [3.8, 4) is 5.75 Å². The number of amides is 1. The molecule has 0 heterocycles. The Labute approximate surface area is 122 Å². The highest BCUT2D eigenvalue weighted by Crippen LogP contribution is 2.29. The van der Waals surface area contributed by atoms with Crippen LogP contribution >= 0.6 is 10.7 Å². The summed E-state index contributed by atoms with van der Waals surface area (Å²) in [5.74, 6) is 0.316. The van der Waals surface area contributed by atoms with E-state index in [-0.39, 0.29) is 23.5 Å². The minimum absolute atomic E-state index is 0.0615. The summed E-state index contributed by atoms with van der Waals surface area (Å²) in [5, 5.41) is 2.81. The molecule has 0 bridgehead atoms. The van der Waals surface area contributed by atoms with Gasteiger partial charge in [0.25, 0.3) is 15.0 Å². The summed E-state index contributed by atoms with van der Waals surface area (Å²) in [5.41, 5.74) is 1.19. The molecule has 5 nitrogen and oxygen atoms in total. The molecule has 1 saturated carbocycles. The van der Waals surface area contributed by atoms with Gasteiger partial charge in [-0.05, 0) is 49.9 Å². The molecular formula is C13H16ClNO4S. The van der Waals surface area contributed by atoms with E-state index in [0.717, 1.165) is 12.8 Å². The third-order valence-corrected chi connectivity index (χ3v) is 4.72. The Morgan fingerprint density at radius 2 is 2.00 bits per heavy atom. The van der Waals surface area contributed by atoms with Crippen LogP contribution in [0.1, 0.15) is 24.0 Å². The lowest BCUT2D eigenvalue weighted by Gasteiger charge is -2.13. The number of rotatable bonds is 5. The highest BCUT2D eigenvalue weighted by atomic mass is 35.7. The van der Waals surface area contributed by atoms with E-state index in [1.165, 1.54) is 12.1 Å². The van der Waals surface area contributed by atoms with E-state index >= 15 is 0 Å². The summed E-state index contributed by atoms with van der Waals surface area (Å²) in [4.78, 5) is 11.6. The van der Waals surface area contributed by atoms with Crippen LogP contribution < -0.4 is 10.1 Å². The molecule has 1 aliphatic rings. The maximum absolute atomic E-state index is 11.5. The van der Waals surface area contributed by atoms with Gasteiger partial charge in [0.1, 0.15) is 5.75 Å². The van der Waals surface area contributed by atoms with Crippen LogP contribution in [0.2, 0.25) is 0 Å². The molecule has 0 aliphatic heterocycles. The standard InChI is InChI=1S/C13H16ClNO4S/c1-8-9(2)12(20(14,17)18)6-5-11(8)19-7-13(16)15-10-3-4-10/h5-6,10H,3-4,7H2,1-2H3,(H,15,16). The monoisotopic (exact) mass is 317 g/mol. The molecule has 0 spiro atoms. The van der Waals surface area contributed by atoms with Crippen molar-refractivity contribution in [3.05, 3.63) is 23.3 Å². The quantitative estimate of drug-likeness (QED) is 0.842. The second-order valence-corrected chi connectivity index (χ2v) is 7.41. The van der Waals surface area contributed by atoms with Gasteiger partial charge in [-0.3, -0.25) is 4.79 Å². The van der Waals surface area contributed by atoms with E-state index in [1.54, 1.807) is 13.8 Å². The molecule has 110 valence electrons. The van der Waals surface area contributed by atoms with Crippen LogP contribution in [0.25, 0.3) is 0 Å². The summed E-state index contributed by atoms with van der Waals surface area (Å²) in [7, 11) is 1.57. The topological polar surface area (TPSA) is 72.5 Å². The number of hydrogen-bond acceptors (Lipinski definition) is 4. The van der Waals surface area contributed by atoms with Crippen LogP contribution in [0.3, 0.4) is 0 Å². The van der Waals surface area contributed by atoms with E-state index in [0.29, 0.717) is 16.9 Å². The molecular weight excluding hydrogens is 302 g/mol. The zero-order valence-corrected chi connectivity index (χ0v) is 12.8. The van der Waals surface area contributed by atoms with Gasteiger partial charge < -0.3 is 10.1 Å². The van der Waals surface area contributed by atoms with Crippen LogP contribution in [-0.4, -0.2) is 27.0 Å². The molecule has 1 aromatic carbocycles. The maximum atomic E-state index is 11.5. The van der Waals surface area contributed by atoms with Crippen molar-refractivity contribution in [2.75, 3.05) is 6.61 Å². The molecule has 7 heteroatoms. The van der Waals surface area contributed by atoms with E-state index in [4.69, 9.17) is 15.4 Å². The fourth-order valence-electron chi connectivity index (χ4n) is 1.83. The van der Waals surface area contributed by atoms with Gasteiger partial charge in [0, 0.05) is 16.7 Å². The van der Waals surface area contributed by atoms with Gasteiger partial charge in [-0.1, -0.05) is 0 Å². The predicted molar refractivity (Wildman–Crippen MR) is 75.6 cm³/mol. The molecule has 2 rings (SSSR count). The normalized spacial score (nSPS) is 14.9. The van der Waals surface area contributed by atoms with E-state index < -0.39 is 9.05 Å². The van der Waals surface area contributed by atoms with Crippen molar-refractivity contribution in [2.24, 2.45) is 0 Å². The second-order valence-electron chi connectivity index (χ2n) is 4.88. The first-order chi connectivity index (χ1) is 9.29. The Morgan fingerprint density at radius 3 is 2.55 bits per heavy atom. The van der Waals surface area contributed by atoms with Crippen LogP contribution in [0.5, 0.6) is 5.75 Å². The zero-order chi connectivity index (χ0) is 14.9. The summed E-state index contributed by atoms with van der Waals surface area (Å²) in [6, 6.07) is 3.19. The Kier molecular flexibility index (Phi) is 4.25. The number of halogens is 1. The molecule has 1 N–H and O–H groups in total. The SMILES string of the molecule is Cc1c(OCC(=O)NC2CC2)ccc(S(=O)(=O)Cl)c1C. The van der Waals surface area contributed by atoms with E-state index in [1.807, 2.05) is 0 Å². The van der Waals surface area contributed by atoms with Crippen molar-refractivity contribution >= 4 is 25.6 Å². The zero-order valence-electron chi connectivity index (χ0n) is 11.3. The number of carbonyl (C=O) groups excluding carboxylic acids is 1. The first kappa shape index (κ1) is 15.1. The maximum Gasteiger partial charge on any atom is 0.261 e. The summed E-state index contributed by atoms with van der Waals surface area (Å²) in [6.07, 6.45) is 2.04. The highest BCUT2D eigenvalue weighted by Gasteiger charge is 2.23. The van der Waals surface area contributed by atoms with E-state index in [9.17, 15) is 13.2 Å². The van der Waals surface area contributed by atoms with Crippen LogP contribution in [0.4, 0.5) is 0 Å². The van der Waals surface area contributed by atoms with Crippen molar-refractivity contribution in [2.45, 2.75) is 37.6 Å². The molecule has 0 aromatic heterocycles. The molecule has 1 aliphatic carbocycles. The Morgan fingerprint density at radius 1 is 1.35 bits per heavy atom. The fourth-order valence-corrected chi connectivity index (χ4v) is 3.08. The summed E-state index contributed by atoms with van der Waals surface area (Å²) >= 11 is 0. The van der Waals surface area contributed by atoms with Crippen LogP contribution in [-0.2, 0) is 13.8 Å². The third-order valence-electron chi connectivity index (χ3n) is 3.25. The summed E-state index contributed by atoms with van der Waals surface area (Å²) < 4.78 is 28.2. The molecule has 0 radical (unpaired) electrons. The molecule has 0 atom stereocenters. The third kappa shape index (κ3) is 3.64. The van der Waals surface area contributed by atoms with Crippen molar-refractivity contribution in [1.29, 1.82) is 0 Å². The van der Waals surface area contributed by atoms with Crippen molar-refractivity contribution < 1.29 is 17.9 Å². The largest absolute Gasteiger partial charge is 0.483 e. The number of benzene rings is 1. The molecule has 0 saturated heterocycles.